The summed E-state index contributed by atoms with van der Waals surface area (Å²) in [7, 11) is 2.01. The Morgan fingerprint density at radius 2 is 2.23 bits per heavy atom. The lowest BCUT2D eigenvalue weighted by Crippen LogP contribution is -2.12. The molecule has 0 radical (unpaired) electrons. The largest absolute Gasteiger partial charge is 0.313 e. The molecule has 1 N–H and O–H groups in total. The first-order valence-electron chi connectivity index (χ1n) is 4.68. The van der Waals surface area contributed by atoms with Gasteiger partial charge in [-0.15, -0.1) is 0 Å². The van der Waals surface area contributed by atoms with Gasteiger partial charge in [0.1, 0.15) is 0 Å². The monoisotopic (exact) mass is 195 g/mol. The first-order chi connectivity index (χ1) is 6.22. The highest BCUT2D eigenvalue weighted by Crippen LogP contribution is 2.34. The Morgan fingerprint density at radius 1 is 1.46 bits per heavy atom. The van der Waals surface area contributed by atoms with E-state index in [1.54, 1.807) is 0 Å². The van der Waals surface area contributed by atoms with E-state index in [1.807, 2.05) is 7.05 Å². The van der Waals surface area contributed by atoms with Gasteiger partial charge in [-0.25, -0.2) is 0 Å². The molecule has 1 aromatic rings. The second-order valence-corrected chi connectivity index (χ2v) is 4.11. The van der Waals surface area contributed by atoms with Crippen LogP contribution in [0.25, 0.3) is 0 Å². The zero-order chi connectivity index (χ0) is 9.42. The third-order valence-electron chi connectivity index (χ3n) is 2.88. The van der Waals surface area contributed by atoms with E-state index < -0.39 is 0 Å². The van der Waals surface area contributed by atoms with Gasteiger partial charge in [-0.2, -0.15) is 0 Å². The minimum atomic E-state index is 0.507. The van der Waals surface area contributed by atoms with Crippen molar-refractivity contribution in [3.05, 3.63) is 33.8 Å². The third kappa shape index (κ3) is 1.47. The number of fused-ring (bicyclic) bond motifs is 1. The van der Waals surface area contributed by atoms with Crippen LogP contribution in [-0.4, -0.2) is 7.05 Å². The van der Waals surface area contributed by atoms with Crippen molar-refractivity contribution < 1.29 is 0 Å². The van der Waals surface area contributed by atoms with Crippen molar-refractivity contribution in [3.8, 4) is 0 Å². The van der Waals surface area contributed by atoms with Crippen LogP contribution in [-0.2, 0) is 6.42 Å². The maximum Gasteiger partial charge on any atom is 0.0412 e. The molecule has 0 saturated heterocycles. The van der Waals surface area contributed by atoms with E-state index in [0.29, 0.717) is 6.04 Å². The molecule has 0 spiro atoms. The Morgan fingerprint density at radius 3 is 2.92 bits per heavy atom. The van der Waals surface area contributed by atoms with E-state index in [0.717, 1.165) is 5.02 Å². The summed E-state index contributed by atoms with van der Waals surface area (Å²) in [6.07, 6.45) is 2.39. The summed E-state index contributed by atoms with van der Waals surface area (Å²) in [4.78, 5) is 0. The fraction of sp³-hybridized carbons (Fsp3) is 0.455. The standard InChI is InChI=1S/C11H14ClN/c1-7-5-8(12)6-10-9(7)3-4-11(10)13-2/h5-6,11,13H,3-4H2,1-2H3. The van der Waals surface area contributed by atoms with E-state index >= 15 is 0 Å². The molecule has 0 fully saturated rings. The van der Waals surface area contributed by atoms with Gasteiger partial charge in [0.2, 0.25) is 0 Å². The molecule has 1 atom stereocenters. The van der Waals surface area contributed by atoms with Crippen molar-refractivity contribution in [2.45, 2.75) is 25.8 Å². The van der Waals surface area contributed by atoms with E-state index in [4.69, 9.17) is 11.6 Å². The van der Waals surface area contributed by atoms with Crippen molar-refractivity contribution in [2.24, 2.45) is 0 Å². The van der Waals surface area contributed by atoms with Gasteiger partial charge in [-0.3, -0.25) is 0 Å². The second-order valence-electron chi connectivity index (χ2n) is 3.67. The molecule has 0 heterocycles. The molecule has 0 aromatic heterocycles. The lowest BCUT2D eigenvalue weighted by molar-refractivity contribution is 0.590. The number of rotatable bonds is 1. The second kappa shape index (κ2) is 3.32. The van der Waals surface area contributed by atoms with E-state index in [1.165, 1.54) is 29.5 Å². The molecule has 70 valence electrons. The zero-order valence-electron chi connectivity index (χ0n) is 8.02. The number of hydrogen-bond acceptors (Lipinski definition) is 1. The van der Waals surface area contributed by atoms with Gasteiger partial charge in [0, 0.05) is 11.1 Å². The minimum Gasteiger partial charge on any atom is -0.313 e. The zero-order valence-corrected chi connectivity index (χ0v) is 8.78. The number of aryl methyl sites for hydroxylation is 1. The lowest BCUT2D eigenvalue weighted by Gasteiger charge is -2.11. The lowest BCUT2D eigenvalue weighted by atomic mass is 10.0. The SMILES string of the molecule is CNC1CCc2c(C)cc(Cl)cc21. The molecule has 0 amide bonds. The summed E-state index contributed by atoms with van der Waals surface area (Å²) >= 11 is 6.02. The topological polar surface area (TPSA) is 12.0 Å². The van der Waals surface area contributed by atoms with Crippen LogP contribution in [0, 0.1) is 6.92 Å². The predicted molar refractivity (Wildman–Crippen MR) is 56.3 cm³/mol. The molecule has 13 heavy (non-hydrogen) atoms. The van der Waals surface area contributed by atoms with Crippen molar-refractivity contribution in [1.82, 2.24) is 5.32 Å². The Bertz CT molecular complexity index is 333. The fourth-order valence-corrected chi connectivity index (χ4v) is 2.48. The molecule has 1 aliphatic carbocycles. The molecule has 0 aliphatic heterocycles. The maximum absolute atomic E-state index is 6.02. The fourth-order valence-electron chi connectivity index (χ4n) is 2.20. The highest BCUT2D eigenvalue weighted by Gasteiger charge is 2.22. The Labute approximate surface area is 84.1 Å². The van der Waals surface area contributed by atoms with Gasteiger partial charge < -0.3 is 5.32 Å². The summed E-state index contributed by atoms with van der Waals surface area (Å²) in [5.74, 6) is 0. The first kappa shape index (κ1) is 9.04. The van der Waals surface area contributed by atoms with Gasteiger partial charge in [-0.05, 0) is 55.6 Å². The van der Waals surface area contributed by atoms with E-state index in [-0.39, 0.29) is 0 Å². The summed E-state index contributed by atoms with van der Waals surface area (Å²) in [6.45, 7) is 2.14. The summed E-state index contributed by atoms with van der Waals surface area (Å²) < 4.78 is 0. The first-order valence-corrected chi connectivity index (χ1v) is 5.06. The van der Waals surface area contributed by atoms with Crippen LogP contribution in [0.3, 0.4) is 0 Å². The van der Waals surface area contributed by atoms with Crippen LogP contribution >= 0.6 is 11.6 Å². The van der Waals surface area contributed by atoms with Crippen LogP contribution < -0.4 is 5.32 Å². The average molecular weight is 196 g/mol. The number of halogens is 1. The summed E-state index contributed by atoms with van der Waals surface area (Å²) in [6, 6.07) is 4.66. The number of benzene rings is 1. The third-order valence-corrected chi connectivity index (χ3v) is 3.10. The molecular formula is C11H14ClN. The summed E-state index contributed by atoms with van der Waals surface area (Å²) in [5, 5.41) is 4.18. The van der Waals surface area contributed by atoms with Crippen LogP contribution in [0.4, 0.5) is 0 Å². The molecule has 0 bridgehead atoms. The molecule has 1 aliphatic rings. The van der Waals surface area contributed by atoms with Gasteiger partial charge in [-0.1, -0.05) is 11.6 Å². The average Bonchev–Trinajstić information content (AvgIpc) is 2.47. The van der Waals surface area contributed by atoms with Crippen molar-refractivity contribution in [1.29, 1.82) is 0 Å². The smallest absolute Gasteiger partial charge is 0.0412 e. The Balaban J connectivity index is 2.51. The molecule has 0 saturated carbocycles. The highest BCUT2D eigenvalue weighted by molar-refractivity contribution is 6.30. The number of hydrogen-bond donors (Lipinski definition) is 1. The van der Waals surface area contributed by atoms with Crippen molar-refractivity contribution in [3.63, 3.8) is 0 Å². The predicted octanol–water partition coefficient (Wildman–Crippen LogP) is 2.86. The normalized spacial score (nSPS) is 20.4. The maximum atomic E-state index is 6.02. The van der Waals surface area contributed by atoms with Crippen LogP contribution in [0.1, 0.15) is 29.2 Å². The summed E-state index contributed by atoms with van der Waals surface area (Å²) in [5.41, 5.74) is 4.22. The van der Waals surface area contributed by atoms with Crippen molar-refractivity contribution in [2.75, 3.05) is 7.05 Å². The van der Waals surface area contributed by atoms with Gasteiger partial charge in [0.15, 0.2) is 0 Å². The molecule has 1 aromatic carbocycles. The molecule has 1 nitrogen and oxygen atoms in total. The quantitative estimate of drug-likeness (QED) is 0.727. The molecule has 2 heteroatoms. The van der Waals surface area contributed by atoms with Crippen LogP contribution in [0.5, 0.6) is 0 Å². The van der Waals surface area contributed by atoms with E-state index in [9.17, 15) is 0 Å². The van der Waals surface area contributed by atoms with E-state index in [2.05, 4.69) is 24.4 Å². The van der Waals surface area contributed by atoms with Gasteiger partial charge >= 0.3 is 0 Å². The van der Waals surface area contributed by atoms with Gasteiger partial charge in [0.05, 0.1) is 0 Å². The molecular weight excluding hydrogens is 182 g/mol. The minimum absolute atomic E-state index is 0.507. The van der Waals surface area contributed by atoms with Crippen LogP contribution in [0.2, 0.25) is 5.02 Å². The molecule has 2 rings (SSSR count). The van der Waals surface area contributed by atoms with Crippen molar-refractivity contribution >= 4 is 11.6 Å². The van der Waals surface area contributed by atoms with Crippen LogP contribution in [0.15, 0.2) is 12.1 Å². The Hall–Kier alpha value is -0.530. The number of nitrogens with one attached hydrogen (secondary N) is 1. The Kier molecular flexibility index (Phi) is 2.31. The highest BCUT2D eigenvalue weighted by atomic mass is 35.5. The molecule has 1 unspecified atom stereocenters. The van der Waals surface area contributed by atoms with Gasteiger partial charge in [0.25, 0.3) is 0 Å².